The highest BCUT2D eigenvalue weighted by Gasteiger charge is 2.27. The number of carbonyl (C=O) groups excluding carboxylic acids is 1. The van der Waals surface area contributed by atoms with Crippen LogP contribution in [-0.2, 0) is 4.79 Å². The Labute approximate surface area is 94.2 Å². The molecule has 0 aromatic heterocycles. The van der Waals surface area contributed by atoms with Crippen LogP contribution in [0, 0.1) is 12.3 Å². The van der Waals surface area contributed by atoms with Crippen molar-refractivity contribution in [3.8, 4) is 12.3 Å². The maximum absolute atomic E-state index is 11.5. The second kappa shape index (κ2) is 6.72. The lowest BCUT2D eigenvalue weighted by Crippen LogP contribution is -2.41. The molecule has 1 heterocycles. The largest absolute Gasteiger partial charge is 0.392 e. The summed E-state index contributed by atoms with van der Waals surface area (Å²) in [7, 11) is 0. The standard InChI is InChI=1S/C10H16N2O2S/c1-2-4-15-5-3-11-10(14)9-6-8(13)7-12-9/h1,8-9,12-13H,3-7H2,(H,11,14). The molecule has 84 valence electrons. The van der Waals surface area contributed by atoms with E-state index in [1.807, 2.05) is 0 Å². The van der Waals surface area contributed by atoms with Crippen LogP contribution in [0.1, 0.15) is 6.42 Å². The van der Waals surface area contributed by atoms with E-state index in [0.717, 1.165) is 5.75 Å². The number of aliphatic hydroxyl groups excluding tert-OH is 1. The van der Waals surface area contributed by atoms with Gasteiger partial charge in [-0.3, -0.25) is 4.79 Å². The number of nitrogens with one attached hydrogen (secondary N) is 2. The molecular formula is C10H16N2O2S. The molecule has 0 saturated carbocycles. The van der Waals surface area contributed by atoms with Gasteiger partial charge < -0.3 is 15.7 Å². The van der Waals surface area contributed by atoms with Crippen molar-refractivity contribution in [2.75, 3.05) is 24.6 Å². The second-order valence-electron chi connectivity index (χ2n) is 3.40. The third kappa shape index (κ3) is 4.56. The van der Waals surface area contributed by atoms with Gasteiger partial charge in [0.15, 0.2) is 0 Å². The number of thioether (sulfide) groups is 1. The molecule has 4 nitrogen and oxygen atoms in total. The number of rotatable bonds is 5. The predicted octanol–water partition coefficient (Wildman–Crippen LogP) is -0.808. The highest BCUT2D eigenvalue weighted by molar-refractivity contribution is 7.99. The lowest BCUT2D eigenvalue weighted by atomic mass is 10.2. The Morgan fingerprint density at radius 2 is 2.53 bits per heavy atom. The summed E-state index contributed by atoms with van der Waals surface area (Å²) in [6.07, 6.45) is 5.20. The van der Waals surface area contributed by atoms with Crippen molar-refractivity contribution in [1.82, 2.24) is 10.6 Å². The topological polar surface area (TPSA) is 61.4 Å². The number of carbonyl (C=O) groups is 1. The first-order chi connectivity index (χ1) is 7.24. The molecule has 0 aromatic rings. The summed E-state index contributed by atoms with van der Waals surface area (Å²) in [6, 6.07) is -0.238. The first kappa shape index (κ1) is 12.4. The van der Waals surface area contributed by atoms with Gasteiger partial charge in [0.05, 0.1) is 17.9 Å². The van der Waals surface area contributed by atoms with Crippen molar-refractivity contribution < 1.29 is 9.90 Å². The third-order valence-electron chi connectivity index (χ3n) is 2.16. The molecule has 1 aliphatic rings. The number of amides is 1. The van der Waals surface area contributed by atoms with Gasteiger partial charge in [-0.05, 0) is 6.42 Å². The van der Waals surface area contributed by atoms with E-state index < -0.39 is 6.10 Å². The maximum Gasteiger partial charge on any atom is 0.237 e. The molecule has 1 aliphatic heterocycles. The minimum absolute atomic E-state index is 0.0344. The van der Waals surface area contributed by atoms with E-state index in [1.54, 1.807) is 11.8 Å². The van der Waals surface area contributed by atoms with Crippen LogP contribution in [0.4, 0.5) is 0 Å². The van der Waals surface area contributed by atoms with Crippen LogP contribution >= 0.6 is 11.8 Å². The van der Waals surface area contributed by atoms with E-state index >= 15 is 0 Å². The molecule has 0 spiro atoms. The smallest absolute Gasteiger partial charge is 0.237 e. The molecule has 15 heavy (non-hydrogen) atoms. The van der Waals surface area contributed by atoms with E-state index in [9.17, 15) is 9.90 Å². The minimum Gasteiger partial charge on any atom is -0.392 e. The van der Waals surface area contributed by atoms with Gasteiger partial charge in [-0.2, -0.15) is 0 Å². The summed E-state index contributed by atoms with van der Waals surface area (Å²) in [5.41, 5.74) is 0. The fourth-order valence-corrected chi connectivity index (χ4v) is 1.93. The molecule has 1 rings (SSSR count). The molecule has 0 radical (unpaired) electrons. The van der Waals surface area contributed by atoms with Gasteiger partial charge in [-0.1, -0.05) is 5.92 Å². The Hall–Kier alpha value is -0.700. The van der Waals surface area contributed by atoms with Crippen molar-refractivity contribution in [2.45, 2.75) is 18.6 Å². The molecule has 1 saturated heterocycles. The summed E-state index contributed by atoms with van der Waals surface area (Å²) in [6.45, 7) is 1.13. The molecule has 2 unspecified atom stereocenters. The number of β-amino-alcohol motifs (C(OH)–C–C–N with tert-alkyl or cyclic N) is 1. The Morgan fingerprint density at radius 3 is 3.13 bits per heavy atom. The Kier molecular flexibility index (Phi) is 5.54. The van der Waals surface area contributed by atoms with Crippen LogP contribution in [0.5, 0.6) is 0 Å². The number of hydrogen-bond donors (Lipinski definition) is 3. The second-order valence-corrected chi connectivity index (χ2v) is 4.50. The number of aliphatic hydroxyl groups is 1. The van der Waals surface area contributed by atoms with Crippen LogP contribution in [0.3, 0.4) is 0 Å². The van der Waals surface area contributed by atoms with E-state index in [2.05, 4.69) is 16.6 Å². The first-order valence-electron chi connectivity index (χ1n) is 4.94. The zero-order valence-electron chi connectivity index (χ0n) is 8.53. The van der Waals surface area contributed by atoms with Crippen molar-refractivity contribution in [3.63, 3.8) is 0 Å². The van der Waals surface area contributed by atoms with Gasteiger partial charge in [-0.25, -0.2) is 0 Å². The highest BCUT2D eigenvalue weighted by Crippen LogP contribution is 2.05. The van der Waals surface area contributed by atoms with Crippen molar-refractivity contribution in [1.29, 1.82) is 0 Å². The van der Waals surface area contributed by atoms with E-state index in [-0.39, 0.29) is 11.9 Å². The molecule has 3 N–H and O–H groups in total. The average molecular weight is 228 g/mol. The van der Waals surface area contributed by atoms with Gasteiger partial charge in [0, 0.05) is 18.8 Å². The van der Waals surface area contributed by atoms with Gasteiger partial charge in [0.2, 0.25) is 5.91 Å². The van der Waals surface area contributed by atoms with Gasteiger partial charge in [-0.15, -0.1) is 18.2 Å². The zero-order valence-corrected chi connectivity index (χ0v) is 9.35. The summed E-state index contributed by atoms with van der Waals surface area (Å²) in [5, 5.41) is 15.0. The number of hydrogen-bond acceptors (Lipinski definition) is 4. The quantitative estimate of drug-likeness (QED) is 0.425. The molecule has 0 aromatic carbocycles. The van der Waals surface area contributed by atoms with Crippen LogP contribution < -0.4 is 10.6 Å². The first-order valence-corrected chi connectivity index (χ1v) is 6.10. The fraction of sp³-hybridized carbons (Fsp3) is 0.700. The van der Waals surface area contributed by atoms with E-state index in [4.69, 9.17) is 6.42 Å². The molecule has 0 bridgehead atoms. The van der Waals surface area contributed by atoms with Crippen LogP contribution in [0.15, 0.2) is 0 Å². The van der Waals surface area contributed by atoms with Crippen molar-refractivity contribution in [2.24, 2.45) is 0 Å². The monoisotopic (exact) mass is 228 g/mol. The lowest BCUT2D eigenvalue weighted by Gasteiger charge is -2.10. The average Bonchev–Trinajstić information content (AvgIpc) is 2.64. The molecular weight excluding hydrogens is 212 g/mol. The third-order valence-corrected chi connectivity index (χ3v) is 3.02. The summed E-state index contributed by atoms with van der Waals surface area (Å²) < 4.78 is 0. The Balaban J connectivity index is 2.06. The SMILES string of the molecule is C#CCSCCNC(=O)C1CC(O)CN1. The molecule has 5 heteroatoms. The molecule has 2 atom stereocenters. The maximum atomic E-state index is 11.5. The fourth-order valence-electron chi connectivity index (χ4n) is 1.42. The normalized spacial score (nSPS) is 24.8. The summed E-state index contributed by atoms with van der Waals surface area (Å²) >= 11 is 1.62. The molecule has 1 amide bonds. The van der Waals surface area contributed by atoms with Gasteiger partial charge in [0.1, 0.15) is 0 Å². The van der Waals surface area contributed by atoms with Crippen molar-refractivity contribution in [3.05, 3.63) is 0 Å². The van der Waals surface area contributed by atoms with Crippen LogP contribution in [-0.4, -0.2) is 47.8 Å². The minimum atomic E-state index is -0.392. The predicted molar refractivity (Wildman–Crippen MR) is 61.6 cm³/mol. The van der Waals surface area contributed by atoms with Gasteiger partial charge in [0.25, 0.3) is 0 Å². The van der Waals surface area contributed by atoms with E-state index in [0.29, 0.717) is 25.3 Å². The summed E-state index contributed by atoms with van der Waals surface area (Å²) in [4.78, 5) is 11.5. The van der Waals surface area contributed by atoms with Crippen LogP contribution in [0.2, 0.25) is 0 Å². The number of terminal acetylenes is 1. The zero-order chi connectivity index (χ0) is 11.1. The Morgan fingerprint density at radius 1 is 1.73 bits per heavy atom. The Bertz CT molecular complexity index is 252. The molecule has 1 fully saturated rings. The van der Waals surface area contributed by atoms with Gasteiger partial charge >= 0.3 is 0 Å². The van der Waals surface area contributed by atoms with Crippen LogP contribution in [0.25, 0.3) is 0 Å². The van der Waals surface area contributed by atoms with Crippen molar-refractivity contribution >= 4 is 17.7 Å². The van der Waals surface area contributed by atoms with E-state index in [1.165, 1.54) is 0 Å². The molecule has 0 aliphatic carbocycles. The highest BCUT2D eigenvalue weighted by atomic mass is 32.2. The summed E-state index contributed by atoms with van der Waals surface area (Å²) in [5.74, 6) is 3.99. The lowest BCUT2D eigenvalue weighted by molar-refractivity contribution is -0.122.